The van der Waals surface area contributed by atoms with Crippen LogP contribution in [0.2, 0.25) is 0 Å². The van der Waals surface area contributed by atoms with Crippen LogP contribution in [0.5, 0.6) is 0 Å². The van der Waals surface area contributed by atoms with Gasteiger partial charge in [-0.1, -0.05) is 12.1 Å². The number of amides is 1. The van der Waals surface area contributed by atoms with Crippen molar-refractivity contribution in [2.45, 2.75) is 13.5 Å². The lowest BCUT2D eigenvalue weighted by atomic mass is 10.1. The fourth-order valence-electron chi connectivity index (χ4n) is 3.38. The zero-order valence-electron chi connectivity index (χ0n) is 17.7. The maximum absolute atomic E-state index is 12.5. The van der Waals surface area contributed by atoms with Gasteiger partial charge in [0.25, 0.3) is 5.91 Å². The molecule has 0 unspecified atom stereocenters. The largest absolute Gasteiger partial charge is 0.465 e. The van der Waals surface area contributed by atoms with Crippen LogP contribution >= 0.6 is 0 Å². The number of esters is 1. The number of piperazine rings is 1. The summed E-state index contributed by atoms with van der Waals surface area (Å²) in [6, 6.07) is 13.8. The molecule has 166 valence electrons. The first kappa shape index (κ1) is 22.9. The molecule has 9 heteroatoms. The Morgan fingerprint density at radius 3 is 2.06 bits per heavy atom. The predicted molar refractivity (Wildman–Crippen MR) is 118 cm³/mol. The lowest BCUT2D eigenvalue weighted by Gasteiger charge is -2.33. The summed E-state index contributed by atoms with van der Waals surface area (Å²) in [5.74, 6) is -0.538. The maximum Gasteiger partial charge on any atom is 0.337 e. The molecule has 1 fully saturated rings. The van der Waals surface area contributed by atoms with Crippen LogP contribution in [0.3, 0.4) is 0 Å². The fourth-order valence-corrected chi connectivity index (χ4v) is 4.46. The summed E-state index contributed by atoms with van der Waals surface area (Å²) >= 11 is 0. The van der Waals surface area contributed by atoms with Crippen LogP contribution in [0.4, 0.5) is 5.69 Å². The predicted octanol–water partition coefficient (Wildman–Crippen LogP) is 2.19. The van der Waals surface area contributed by atoms with E-state index in [2.05, 4.69) is 15.0 Å². The highest BCUT2D eigenvalue weighted by Crippen LogP contribution is 2.15. The third-order valence-corrected chi connectivity index (χ3v) is 7.16. The van der Waals surface area contributed by atoms with Crippen LogP contribution in [0.15, 0.2) is 48.5 Å². The molecule has 0 spiro atoms. The van der Waals surface area contributed by atoms with Crippen LogP contribution in [-0.4, -0.2) is 68.5 Å². The van der Waals surface area contributed by atoms with E-state index >= 15 is 0 Å². The Bertz CT molecular complexity index is 1010. The minimum Gasteiger partial charge on any atom is -0.465 e. The molecule has 3 rings (SSSR count). The van der Waals surface area contributed by atoms with E-state index in [4.69, 9.17) is 0 Å². The highest BCUT2D eigenvalue weighted by atomic mass is 32.2. The van der Waals surface area contributed by atoms with Crippen molar-refractivity contribution >= 4 is 27.6 Å². The van der Waals surface area contributed by atoms with Gasteiger partial charge in [-0.15, -0.1) is 0 Å². The first-order chi connectivity index (χ1) is 14.8. The van der Waals surface area contributed by atoms with Crippen molar-refractivity contribution in [1.29, 1.82) is 0 Å². The summed E-state index contributed by atoms with van der Waals surface area (Å²) in [5.41, 5.74) is 2.59. The van der Waals surface area contributed by atoms with Gasteiger partial charge < -0.3 is 10.1 Å². The number of rotatable bonds is 7. The van der Waals surface area contributed by atoms with Gasteiger partial charge >= 0.3 is 5.97 Å². The number of carbonyl (C=O) groups excluding carboxylic acids is 2. The third kappa shape index (κ3) is 5.90. The van der Waals surface area contributed by atoms with Gasteiger partial charge in [-0.25, -0.2) is 13.2 Å². The molecule has 1 N–H and O–H groups in total. The molecule has 0 aromatic heterocycles. The summed E-state index contributed by atoms with van der Waals surface area (Å²) in [6.45, 7) is 4.75. The average molecular weight is 446 g/mol. The van der Waals surface area contributed by atoms with E-state index in [1.165, 1.54) is 7.11 Å². The lowest BCUT2D eigenvalue weighted by molar-refractivity contribution is 0.0600. The summed E-state index contributed by atoms with van der Waals surface area (Å²) in [5, 5.41) is 2.80. The second-order valence-corrected chi connectivity index (χ2v) is 9.55. The third-order valence-electron chi connectivity index (χ3n) is 5.28. The van der Waals surface area contributed by atoms with Gasteiger partial charge in [0.2, 0.25) is 10.0 Å². The Labute approximate surface area is 182 Å². The van der Waals surface area contributed by atoms with Crippen molar-refractivity contribution in [1.82, 2.24) is 9.21 Å². The molecule has 2 aromatic rings. The molecule has 0 aliphatic carbocycles. The van der Waals surface area contributed by atoms with Gasteiger partial charge in [0, 0.05) is 44.0 Å². The molecule has 2 aromatic carbocycles. The molecular weight excluding hydrogens is 418 g/mol. The fraction of sp³-hybridized carbons (Fsp3) is 0.364. The van der Waals surface area contributed by atoms with E-state index in [0.717, 1.165) is 5.56 Å². The normalized spacial score (nSPS) is 15.4. The number of benzene rings is 2. The number of methoxy groups -OCH3 is 1. The van der Waals surface area contributed by atoms with Gasteiger partial charge in [-0.05, 0) is 48.9 Å². The molecule has 8 nitrogen and oxygen atoms in total. The van der Waals surface area contributed by atoms with Gasteiger partial charge in [0.15, 0.2) is 0 Å². The first-order valence-corrected chi connectivity index (χ1v) is 11.7. The molecule has 0 radical (unpaired) electrons. The molecule has 0 saturated carbocycles. The van der Waals surface area contributed by atoms with Crippen LogP contribution < -0.4 is 5.32 Å². The summed E-state index contributed by atoms with van der Waals surface area (Å²) in [7, 11) is -1.81. The van der Waals surface area contributed by atoms with Crippen molar-refractivity contribution in [2.75, 3.05) is 44.4 Å². The summed E-state index contributed by atoms with van der Waals surface area (Å²) in [6.07, 6.45) is 0. The number of sulfonamides is 1. The molecule has 0 atom stereocenters. The van der Waals surface area contributed by atoms with Crippen LogP contribution in [0.25, 0.3) is 0 Å². The Morgan fingerprint density at radius 1 is 0.935 bits per heavy atom. The highest BCUT2D eigenvalue weighted by molar-refractivity contribution is 7.89. The molecule has 1 heterocycles. The summed E-state index contributed by atoms with van der Waals surface area (Å²) in [4.78, 5) is 26.2. The first-order valence-electron chi connectivity index (χ1n) is 10.1. The van der Waals surface area contributed by atoms with Gasteiger partial charge in [0.1, 0.15) is 0 Å². The number of hydrogen-bond acceptors (Lipinski definition) is 6. The molecule has 1 aliphatic heterocycles. The van der Waals surface area contributed by atoms with Crippen molar-refractivity contribution in [3.05, 3.63) is 65.2 Å². The number of anilines is 1. The average Bonchev–Trinajstić information content (AvgIpc) is 2.80. The van der Waals surface area contributed by atoms with Gasteiger partial charge in [-0.3, -0.25) is 9.69 Å². The Morgan fingerprint density at radius 2 is 1.52 bits per heavy atom. The Kier molecular flexibility index (Phi) is 7.42. The molecule has 1 aliphatic rings. The lowest BCUT2D eigenvalue weighted by Crippen LogP contribution is -2.48. The maximum atomic E-state index is 12.5. The number of carbonyl (C=O) groups is 2. The van der Waals surface area contributed by atoms with Gasteiger partial charge in [0.05, 0.1) is 18.4 Å². The highest BCUT2D eigenvalue weighted by Gasteiger charge is 2.25. The quantitative estimate of drug-likeness (QED) is 0.657. The Balaban J connectivity index is 1.53. The van der Waals surface area contributed by atoms with E-state index < -0.39 is 16.0 Å². The van der Waals surface area contributed by atoms with Gasteiger partial charge in [-0.2, -0.15) is 4.31 Å². The van der Waals surface area contributed by atoms with E-state index in [9.17, 15) is 18.0 Å². The molecular formula is C22H27N3O5S. The minimum atomic E-state index is -3.13. The molecule has 31 heavy (non-hydrogen) atoms. The van der Waals surface area contributed by atoms with Crippen molar-refractivity contribution < 1.29 is 22.7 Å². The minimum absolute atomic E-state index is 0.131. The van der Waals surface area contributed by atoms with Crippen LogP contribution in [0.1, 0.15) is 33.2 Å². The number of nitrogens with one attached hydrogen (secondary N) is 1. The second-order valence-electron chi connectivity index (χ2n) is 7.30. The van der Waals surface area contributed by atoms with Crippen molar-refractivity contribution in [3.8, 4) is 0 Å². The van der Waals surface area contributed by atoms with E-state index in [1.54, 1.807) is 47.6 Å². The van der Waals surface area contributed by atoms with Crippen LogP contribution in [0, 0.1) is 0 Å². The molecule has 0 bridgehead atoms. The Hall–Kier alpha value is -2.75. The molecule has 1 amide bonds. The second kappa shape index (κ2) is 10.0. The number of nitrogens with zero attached hydrogens (tertiary/aromatic N) is 2. The van der Waals surface area contributed by atoms with E-state index in [-0.39, 0.29) is 11.7 Å². The van der Waals surface area contributed by atoms with Crippen molar-refractivity contribution in [2.24, 2.45) is 0 Å². The molecule has 1 saturated heterocycles. The van der Waals surface area contributed by atoms with Crippen LogP contribution in [-0.2, 0) is 21.3 Å². The smallest absolute Gasteiger partial charge is 0.337 e. The van der Waals surface area contributed by atoms with E-state index in [1.807, 2.05) is 12.1 Å². The topological polar surface area (TPSA) is 96.0 Å². The SMILES string of the molecule is CCS(=O)(=O)N1CCN(Cc2ccc(C(=O)Nc3ccc(C(=O)OC)cc3)cc2)CC1. The number of ether oxygens (including phenoxy) is 1. The van der Waals surface area contributed by atoms with E-state index in [0.29, 0.717) is 49.5 Å². The number of hydrogen-bond donors (Lipinski definition) is 1. The standard InChI is InChI=1S/C22H27N3O5S/c1-3-31(28,29)25-14-12-24(13-15-25)16-17-4-6-18(7-5-17)21(26)23-20-10-8-19(9-11-20)22(27)30-2/h4-11H,3,12-16H2,1-2H3,(H,23,26). The monoisotopic (exact) mass is 445 g/mol. The zero-order chi connectivity index (χ0) is 22.4. The zero-order valence-corrected chi connectivity index (χ0v) is 18.5. The summed E-state index contributed by atoms with van der Waals surface area (Å²) < 4.78 is 30.1. The van der Waals surface area contributed by atoms with Crippen molar-refractivity contribution in [3.63, 3.8) is 0 Å².